The van der Waals surface area contributed by atoms with E-state index >= 15 is 0 Å². The van der Waals surface area contributed by atoms with Crippen molar-refractivity contribution >= 4 is 17.3 Å². The number of aryl methyl sites for hydroxylation is 2. The van der Waals surface area contributed by atoms with Gasteiger partial charge >= 0.3 is 0 Å². The molecule has 23 heavy (non-hydrogen) atoms. The molecule has 0 atom stereocenters. The molecule has 2 N–H and O–H groups in total. The van der Waals surface area contributed by atoms with Gasteiger partial charge < -0.3 is 15.4 Å². The van der Waals surface area contributed by atoms with E-state index in [4.69, 9.17) is 9.73 Å². The van der Waals surface area contributed by atoms with Gasteiger partial charge in [0.1, 0.15) is 5.01 Å². The van der Waals surface area contributed by atoms with Crippen LogP contribution in [0.25, 0.3) is 0 Å². The lowest BCUT2D eigenvalue weighted by Crippen LogP contribution is -2.46. The summed E-state index contributed by atoms with van der Waals surface area (Å²) < 4.78 is 5.27. The molecule has 1 aromatic rings. The molecule has 6 heteroatoms. The molecule has 2 rings (SSSR count). The highest BCUT2D eigenvalue weighted by atomic mass is 32.1. The highest BCUT2D eigenvalue weighted by Gasteiger charge is 2.36. The molecule has 5 nitrogen and oxygen atoms in total. The van der Waals surface area contributed by atoms with Crippen molar-refractivity contribution in [2.45, 2.75) is 53.0 Å². The summed E-state index contributed by atoms with van der Waals surface area (Å²) >= 11 is 1.73. The van der Waals surface area contributed by atoms with Crippen molar-refractivity contribution in [3.8, 4) is 0 Å². The number of methoxy groups -OCH3 is 1. The van der Waals surface area contributed by atoms with E-state index in [9.17, 15) is 0 Å². The van der Waals surface area contributed by atoms with Gasteiger partial charge in [0.05, 0.1) is 12.2 Å². The number of aromatic nitrogens is 1. The predicted octanol–water partition coefficient (Wildman–Crippen LogP) is 3.02. The van der Waals surface area contributed by atoms with Gasteiger partial charge in [0.2, 0.25) is 0 Å². The summed E-state index contributed by atoms with van der Waals surface area (Å²) in [6.45, 7) is 9.58. The van der Waals surface area contributed by atoms with E-state index in [1.54, 1.807) is 18.4 Å². The van der Waals surface area contributed by atoms with Gasteiger partial charge in [-0.2, -0.15) is 0 Å². The zero-order chi connectivity index (χ0) is 16.7. The maximum atomic E-state index is 5.27. The van der Waals surface area contributed by atoms with E-state index in [0.29, 0.717) is 12.0 Å². The van der Waals surface area contributed by atoms with Crippen LogP contribution in [0.4, 0.5) is 0 Å². The molecule has 0 amide bonds. The van der Waals surface area contributed by atoms with Crippen LogP contribution in [-0.4, -0.2) is 37.7 Å². The van der Waals surface area contributed by atoms with Crippen LogP contribution < -0.4 is 10.6 Å². The van der Waals surface area contributed by atoms with Crippen molar-refractivity contribution in [3.05, 3.63) is 15.6 Å². The van der Waals surface area contributed by atoms with Crippen LogP contribution in [-0.2, 0) is 11.3 Å². The minimum atomic E-state index is 0.389. The van der Waals surface area contributed by atoms with Crippen LogP contribution in [0, 0.1) is 19.3 Å². The van der Waals surface area contributed by atoms with Gasteiger partial charge in [0.15, 0.2) is 5.96 Å². The fraction of sp³-hybridized carbons (Fsp3) is 0.765. The Morgan fingerprint density at radius 1 is 1.35 bits per heavy atom. The van der Waals surface area contributed by atoms with Crippen molar-refractivity contribution in [2.24, 2.45) is 10.4 Å². The third kappa shape index (κ3) is 5.18. The highest BCUT2D eigenvalue weighted by molar-refractivity contribution is 7.11. The number of hydrogen-bond donors (Lipinski definition) is 2. The van der Waals surface area contributed by atoms with E-state index in [1.165, 1.54) is 24.1 Å². The molecule has 0 radical (unpaired) electrons. The summed E-state index contributed by atoms with van der Waals surface area (Å²) in [6, 6.07) is 0. The number of thiazole rings is 1. The largest absolute Gasteiger partial charge is 0.385 e. The number of nitrogens with one attached hydrogen (secondary N) is 2. The highest BCUT2D eigenvalue weighted by Crippen LogP contribution is 2.43. The first-order valence-corrected chi connectivity index (χ1v) is 9.34. The first kappa shape index (κ1) is 18.2. The quantitative estimate of drug-likeness (QED) is 0.565. The lowest BCUT2D eigenvalue weighted by molar-refractivity contribution is 0.0732. The molecule has 1 aliphatic carbocycles. The number of hydrogen-bond acceptors (Lipinski definition) is 4. The van der Waals surface area contributed by atoms with Gasteiger partial charge in [-0.05, 0) is 45.4 Å². The average Bonchev–Trinajstić information content (AvgIpc) is 2.81. The molecular weight excluding hydrogens is 308 g/mol. The lowest BCUT2D eigenvalue weighted by atomic mass is 9.67. The maximum absolute atomic E-state index is 5.27. The molecule has 0 bridgehead atoms. The number of ether oxygens (including phenoxy) is 1. The first-order chi connectivity index (χ1) is 11.1. The summed E-state index contributed by atoms with van der Waals surface area (Å²) in [6.07, 6.45) is 5.03. The molecule has 0 unspecified atom stereocenters. The third-order valence-electron chi connectivity index (χ3n) is 4.67. The van der Waals surface area contributed by atoms with Gasteiger partial charge in [-0.3, -0.25) is 0 Å². The van der Waals surface area contributed by atoms with Crippen LogP contribution in [0.15, 0.2) is 4.99 Å². The molecule has 0 aromatic carbocycles. The average molecular weight is 339 g/mol. The van der Waals surface area contributed by atoms with Crippen molar-refractivity contribution in [1.82, 2.24) is 15.6 Å². The molecular formula is C17H30N4OS. The van der Waals surface area contributed by atoms with Gasteiger partial charge in [-0.1, -0.05) is 6.42 Å². The Balaban J connectivity index is 1.90. The maximum Gasteiger partial charge on any atom is 0.191 e. The van der Waals surface area contributed by atoms with Crippen molar-refractivity contribution in [3.63, 3.8) is 0 Å². The minimum absolute atomic E-state index is 0.389. The van der Waals surface area contributed by atoms with Crippen LogP contribution >= 0.6 is 11.3 Å². The zero-order valence-electron chi connectivity index (χ0n) is 14.9. The Kier molecular flexibility index (Phi) is 6.84. The Bertz CT molecular complexity index is 503. The molecule has 1 saturated carbocycles. The summed E-state index contributed by atoms with van der Waals surface area (Å²) in [5.74, 6) is 0.890. The van der Waals surface area contributed by atoms with Crippen LogP contribution in [0.3, 0.4) is 0 Å². The van der Waals surface area contributed by atoms with Gasteiger partial charge in [0.25, 0.3) is 0 Å². The second-order valence-electron chi connectivity index (χ2n) is 6.39. The van der Waals surface area contributed by atoms with E-state index in [2.05, 4.69) is 36.4 Å². The zero-order valence-corrected chi connectivity index (χ0v) is 15.7. The lowest BCUT2D eigenvalue weighted by Gasteiger charge is -2.42. The molecule has 1 heterocycles. The monoisotopic (exact) mass is 338 g/mol. The fourth-order valence-corrected chi connectivity index (χ4v) is 3.74. The Morgan fingerprint density at radius 2 is 2.13 bits per heavy atom. The summed E-state index contributed by atoms with van der Waals surface area (Å²) in [5, 5.41) is 7.94. The molecule has 1 aromatic heterocycles. The first-order valence-electron chi connectivity index (χ1n) is 8.52. The minimum Gasteiger partial charge on any atom is -0.385 e. The Labute approximate surface area is 144 Å². The van der Waals surface area contributed by atoms with E-state index < -0.39 is 0 Å². The normalized spacial score (nSPS) is 17.0. The van der Waals surface area contributed by atoms with Gasteiger partial charge in [-0.25, -0.2) is 9.98 Å². The van der Waals surface area contributed by atoms with E-state index in [-0.39, 0.29) is 0 Å². The standard InChI is InChI=1S/C17H30N4OS/c1-5-18-16(19-11-15-21-13(2)14(3)23-15)20-12-17(7-6-8-17)9-10-22-4/h5-12H2,1-4H3,(H2,18,19,20). The number of aliphatic imine (C=N–C) groups is 1. The second-order valence-corrected chi connectivity index (χ2v) is 7.68. The molecule has 0 spiro atoms. The SMILES string of the molecule is CCNC(=NCc1nc(C)c(C)s1)NCC1(CCOC)CCC1. The summed E-state index contributed by atoms with van der Waals surface area (Å²) in [7, 11) is 1.78. The molecule has 0 aliphatic heterocycles. The fourth-order valence-electron chi connectivity index (χ4n) is 2.88. The third-order valence-corrected chi connectivity index (χ3v) is 5.73. The van der Waals surface area contributed by atoms with Crippen LogP contribution in [0.1, 0.15) is 48.2 Å². The van der Waals surface area contributed by atoms with Crippen molar-refractivity contribution < 1.29 is 4.74 Å². The smallest absolute Gasteiger partial charge is 0.191 e. The predicted molar refractivity (Wildman–Crippen MR) is 97.2 cm³/mol. The molecule has 1 aliphatic rings. The number of rotatable bonds is 8. The number of guanidine groups is 1. The van der Waals surface area contributed by atoms with Crippen LogP contribution in [0.2, 0.25) is 0 Å². The summed E-state index contributed by atoms with van der Waals surface area (Å²) in [5.41, 5.74) is 1.51. The Morgan fingerprint density at radius 3 is 2.65 bits per heavy atom. The number of nitrogens with zero attached hydrogens (tertiary/aromatic N) is 2. The van der Waals surface area contributed by atoms with Gasteiger partial charge in [-0.15, -0.1) is 11.3 Å². The van der Waals surface area contributed by atoms with Crippen molar-refractivity contribution in [1.29, 1.82) is 0 Å². The topological polar surface area (TPSA) is 58.5 Å². The summed E-state index contributed by atoms with van der Waals surface area (Å²) in [4.78, 5) is 10.5. The van der Waals surface area contributed by atoms with Gasteiger partial charge in [0, 0.05) is 31.7 Å². The molecule has 130 valence electrons. The molecule has 1 fully saturated rings. The Hall–Kier alpha value is -1.14. The van der Waals surface area contributed by atoms with Crippen LogP contribution in [0.5, 0.6) is 0 Å². The van der Waals surface area contributed by atoms with E-state index in [0.717, 1.165) is 42.8 Å². The van der Waals surface area contributed by atoms with E-state index in [1.807, 2.05) is 0 Å². The second kappa shape index (κ2) is 8.64. The van der Waals surface area contributed by atoms with Crippen molar-refractivity contribution in [2.75, 3.05) is 26.8 Å². The molecule has 0 saturated heterocycles.